The lowest BCUT2D eigenvalue weighted by atomic mass is 10.1. The molecular weight excluding hydrogens is 320 g/mol. The van der Waals surface area contributed by atoms with Gasteiger partial charge in [0, 0.05) is 37.3 Å². The number of nitrogens with one attached hydrogen (secondary N) is 1. The van der Waals surface area contributed by atoms with Gasteiger partial charge in [-0.15, -0.1) is 0 Å². The van der Waals surface area contributed by atoms with Crippen molar-refractivity contribution in [1.29, 1.82) is 0 Å². The zero-order valence-corrected chi connectivity index (χ0v) is 15.5. The summed E-state index contributed by atoms with van der Waals surface area (Å²) in [7, 11) is 0. The normalized spacial score (nSPS) is 11.1. The van der Waals surface area contributed by atoms with Crippen LogP contribution in [0, 0.1) is 0 Å². The summed E-state index contributed by atoms with van der Waals surface area (Å²) in [6.45, 7) is 9.33. The Balaban J connectivity index is 3.07. The van der Waals surface area contributed by atoms with Gasteiger partial charge in [0.1, 0.15) is 11.4 Å². The van der Waals surface area contributed by atoms with Gasteiger partial charge in [-0.25, -0.2) is 4.79 Å². The smallest absolute Gasteiger partial charge is 0.354 e. The number of phenolic OH excluding ortho intramolecular Hbond substituents is 1. The topological polar surface area (TPSA) is 78.9 Å². The first-order chi connectivity index (χ1) is 11.9. The molecule has 25 heavy (non-hydrogen) atoms. The van der Waals surface area contributed by atoms with E-state index in [2.05, 4.69) is 10.2 Å². The first-order valence-electron chi connectivity index (χ1n) is 8.67. The van der Waals surface area contributed by atoms with Crippen molar-refractivity contribution >= 4 is 23.6 Å². The van der Waals surface area contributed by atoms with Gasteiger partial charge in [0.2, 0.25) is 5.91 Å². The number of carbonyl (C=O) groups excluding carboxylic acids is 2. The van der Waals surface area contributed by atoms with E-state index in [-0.39, 0.29) is 17.4 Å². The molecule has 0 aliphatic rings. The van der Waals surface area contributed by atoms with Crippen molar-refractivity contribution in [3.8, 4) is 5.75 Å². The molecule has 0 radical (unpaired) electrons. The Bertz CT molecular complexity index is 622. The maximum atomic E-state index is 12.1. The molecule has 6 nitrogen and oxygen atoms in total. The average molecular weight is 348 g/mol. The summed E-state index contributed by atoms with van der Waals surface area (Å²) in [5.41, 5.74) is 1.34. The Morgan fingerprint density at radius 2 is 1.92 bits per heavy atom. The van der Waals surface area contributed by atoms with Gasteiger partial charge in [0.25, 0.3) is 0 Å². The van der Waals surface area contributed by atoms with Crippen LogP contribution in [0.2, 0.25) is 0 Å². The van der Waals surface area contributed by atoms with Crippen LogP contribution < -0.4 is 10.2 Å². The molecule has 0 atom stereocenters. The maximum Gasteiger partial charge on any atom is 0.354 e. The van der Waals surface area contributed by atoms with E-state index in [1.165, 1.54) is 13.0 Å². The first-order valence-corrected chi connectivity index (χ1v) is 8.67. The Hall–Kier alpha value is -2.50. The van der Waals surface area contributed by atoms with E-state index in [9.17, 15) is 14.7 Å². The number of ether oxygens (including phenoxy) is 1. The predicted molar refractivity (Wildman–Crippen MR) is 99.3 cm³/mol. The number of aromatic hydroxyl groups is 1. The summed E-state index contributed by atoms with van der Waals surface area (Å²) in [6.07, 6.45) is 3.08. The minimum atomic E-state index is -0.615. The number of amides is 1. The van der Waals surface area contributed by atoms with Crippen LogP contribution in [0.5, 0.6) is 5.75 Å². The number of hydrogen-bond acceptors (Lipinski definition) is 5. The number of unbranched alkanes of at least 4 members (excludes halogenated alkanes) is 1. The highest BCUT2D eigenvalue weighted by molar-refractivity contribution is 5.97. The molecule has 138 valence electrons. The summed E-state index contributed by atoms with van der Waals surface area (Å²) in [5.74, 6) is -0.956. The van der Waals surface area contributed by atoms with Crippen molar-refractivity contribution in [3.63, 3.8) is 0 Å². The van der Waals surface area contributed by atoms with Crippen LogP contribution in [0.4, 0.5) is 5.69 Å². The SMILES string of the molecule is CCCCOC(=O)/C(=C/c1ccc(N(CC)CC)cc1O)NC(C)=O. The third-order valence-electron chi connectivity index (χ3n) is 3.70. The van der Waals surface area contributed by atoms with E-state index >= 15 is 0 Å². The highest BCUT2D eigenvalue weighted by Crippen LogP contribution is 2.26. The van der Waals surface area contributed by atoms with Gasteiger partial charge in [-0.1, -0.05) is 13.3 Å². The molecule has 2 N–H and O–H groups in total. The van der Waals surface area contributed by atoms with E-state index in [4.69, 9.17) is 4.74 Å². The van der Waals surface area contributed by atoms with E-state index < -0.39 is 5.97 Å². The molecule has 1 amide bonds. The van der Waals surface area contributed by atoms with Crippen molar-refractivity contribution in [2.75, 3.05) is 24.6 Å². The molecule has 1 aromatic rings. The summed E-state index contributed by atoms with van der Waals surface area (Å²) in [5, 5.41) is 12.7. The van der Waals surface area contributed by atoms with Crippen LogP contribution in [-0.4, -0.2) is 36.7 Å². The van der Waals surface area contributed by atoms with Crippen LogP contribution in [0.15, 0.2) is 23.9 Å². The number of nitrogens with zero attached hydrogens (tertiary/aromatic N) is 1. The molecule has 0 saturated carbocycles. The van der Waals surface area contributed by atoms with E-state index in [1.54, 1.807) is 12.1 Å². The van der Waals surface area contributed by atoms with Gasteiger partial charge in [0.05, 0.1) is 6.61 Å². The Morgan fingerprint density at radius 1 is 1.24 bits per heavy atom. The quantitative estimate of drug-likeness (QED) is 0.407. The number of esters is 1. The fraction of sp³-hybridized carbons (Fsp3) is 0.474. The fourth-order valence-corrected chi connectivity index (χ4v) is 2.32. The average Bonchev–Trinajstić information content (AvgIpc) is 2.57. The molecule has 0 aliphatic heterocycles. The number of carbonyl (C=O) groups is 2. The van der Waals surface area contributed by atoms with Gasteiger partial charge in [-0.3, -0.25) is 4.79 Å². The van der Waals surface area contributed by atoms with Crippen LogP contribution >= 0.6 is 0 Å². The zero-order chi connectivity index (χ0) is 18.8. The Kier molecular flexibility index (Phi) is 8.53. The predicted octanol–water partition coefficient (Wildman–Crippen LogP) is 3.06. The van der Waals surface area contributed by atoms with Crippen LogP contribution in [-0.2, 0) is 14.3 Å². The summed E-state index contributed by atoms with van der Waals surface area (Å²) in [6, 6.07) is 5.23. The van der Waals surface area contributed by atoms with Gasteiger partial charge in [-0.05, 0) is 38.5 Å². The molecule has 1 aromatic carbocycles. The Labute approximate surface area is 149 Å². The monoisotopic (exact) mass is 348 g/mol. The van der Waals surface area contributed by atoms with E-state index in [1.807, 2.05) is 26.8 Å². The minimum absolute atomic E-state index is 0.00879. The van der Waals surface area contributed by atoms with Crippen LogP contribution in [0.3, 0.4) is 0 Å². The van der Waals surface area contributed by atoms with E-state index in [0.29, 0.717) is 12.2 Å². The minimum Gasteiger partial charge on any atom is -0.507 e. The third-order valence-corrected chi connectivity index (χ3v) is 3.70. The zero-order valence-electron chi connectivity index (χ0n) is 15.5. The standard InChI is InChI=1S/C19H28N2O4/c1-5-8-11-25-19(24)17(20-14(4)22)12-15-9-10-16(13-18(15)23)21(6-2)7-3/h9-10,12-13,23H,5-8,11H2,1-4H3,(H,20,22)/b17-12-. The van der Waals surface area contributed by atoms with Crippen molar-refractivity contribution < 1.29 is 19.4 Å². The molecule has 0 aromatic heterocycles. The molecular formula is C19H28N2O4. The molecule has 0 bridgehead atoms. The number of phenols is 1. The van der Waals surface area contributed by atoms with Gasteiger partial charge in [0.15, 0.2) is 0 Å². The van der Waals surface area contributed by atoms with Crippen molar-refractivity contribution in [3.05, 3.63) is 29.5 Å². The lowest BCUT2D eigenvalue weighted by molar-refractivity contribution is -0.140. The second-order valence-corrected chi connectivity index (χ2v) is 5.64. The van der Waals surface area contributed by atoms with Crippen LogP contribution in [0.25, 0.3) is 6.08 Å². The van der Waals surface area contributed by atoms with Crippen molar-refractivity contribution in [1.82, 2.24) is 5.32 Å². The highest BCUT2D eigenvalue weighted by atomic mass is 16.5. The van der Waals surface area contributed by atoms with E-state index in [0.717, 1.165) is 31.6 Å². The lowest BCUT2D eigenvalue weighted by Gasteiger charge is -2.21. The second kappa shape index (κ2) is 10.4. The molecule has 0 aliphatic carbocycles. The lowest BCUT2D eigenvalue weighted by Crippen LogP contribution is -2.26. The molecule has 6 heteroatoms. The highest BCUT2D eigenvalue weighted by Gasteiger charge is 2.14. The Morgan fingerprint density at radius 3 is 2.44 bits per heavy atom. The molecule has 0 unspecified atom stereocenters. The summed E-state index contributed by atoms with van der Waals surface area (Å²) in [4.78, 5) is 25.6. The molecule has 0 fully saturated rings. The molecule has 0 saturated heterocycles. The maximum absolute atomic E-state index is 12.1. The number of hydrogen-bond donors (Lipinski definition) is 2. The summed E-state index contributed by atoms with van der Waals surface area (Å²) >= 11 is 0. The van der Waals surface area contributed by atoms with Crippen LogP contribution in [0.1, 0.15) is 46.1 Å². The second-order valence-electron chi connectivity index (χ2n) is 5.64. The number of rotatable bonds is 9. The van der Waals surface area contributed by atoms with Gasteiger partial charge in [-0.2, -0.15) is 0 Å². The largest absolute Gasteiger partial charge is 0.507 e. The third kappa shape index (κ3) is 6.49. The van der Waals surface area contributed by atoms with Gasteiger partial charge >= 0.3 is 5.97 Å². The molecule has 0 spiro atoms. The molecule has 1 rings (SSSR count). The van der Waals surface area contributed by atoms with Crippen molar-refractivity contribution in [2.24, 2.45) is 0 Å². The first kappa shape index (κ1) is 20.5. The molecule has 0 heterocycles. The summed E-state index contributed by atoms with van der Waals surface area (Å²) < 4.78 is 5.14. The van der Waals surface area contributed by atoms with Gasteiger partial charge < -0.3 is 20.1 Å². The number of benzene rings is 1. The van der Waals surface area contributed by atoms with Crippen molar-refractivity contribution in [2.45, 2.75) is 40.5 Å². The fourth-order valence-electron chi connectivity index (χ4n) is 2.32. The number of anilines is 1.